The first-order valence-electron chi connectivity index (χ1n) is 5.77. The predicted molar refractivity (Wildman–Crippen MR) is 80.2 cm³/mol. The third-order valence-corrected chi connectivity index (χ3v) is 3.49. The highest BCUT2D eigenvalue weighted by Gasteiger charge is 2.34. The van der Waals surface area contributed by atoms with Crippen LogP contribution in [-0.4, -0.2) is 11.3 Å². The number of nitro benzene ring substituents is 1. The van der Waals surface area contributed by atoms with Crippen molar-refractivity contribution < 1.29 is 22.8 Å². The molecule has 4 nitrogen and oxygen atoms in total. The second-order valence-electron chi connectivity index (χ2n) is 4.23. The van der Waals surface area contributed by atoms with E-state index in [4.69, 9.17) is 34.8 Å². The Balaban J connectivity index is 2.59. The first kappa shape index (κ1) is 17.7. The van der Waals surface area contributed by atoms with Gasteiger partial charge >= 0.3 is 12.0 Å². The van der Waals surface area contributed by atoms with Crippen LogP contribution in [0.5, 0.6) is 5.75 Å². The molecule has 0 N–H and O–H groups in total. The number of alkyl halides is 3. The van der Waals surface area contributed by atoms with E-state index < -0.39 is 22.7 Å². The van der Waals surface area contributed by atoms with Gasteiger partial charge in [-0.15, -0.1) is 13.2 Å². The Bertz CT molecular complexity index is 758. The maximum Gasteiger partial charge on any atom is 0.573 e. The minimum absolute atomic E-state index is 0.0984. The number of hydrogen-bond acceptors (Lipinski definition) is 3. The van der Waals surface area contributed by atoms with Gasteiger partial charge in [0.1, 0.15) is 0 Å². The van der Waals surface area contributed by atoms with Crippen LogP contribution in [0.3, 0.4) is 0 Å². The standard InChI is InChI=1S/C13H5Cl3F3NO3/c14-7-4-8(15)12(9(16)5-7)6-1-2-11(23-13(17,18)19)10(3-6)20(21)22/h1-5H. The third kappa shape index (κ3) is 4.19. The van der Waals surface area contributed by atoms with Crippen molar-refractivity contribution in [2.24, 2.45) is 0 Å². The van der Waals surface area contributed by atoms with Gasteiger partial charge in [-0.3, -0.25) is 10.1 Å². The molecule has 0 heterocycles. The second kappa shape index (κ2) is 6.43. The van der Waals surface area contributed by atoms with Crippen molar-refractivity contribution in [3.05, 3.63) is 55.5 Å². The molecule has 122 valence electrons. The van der Waals surface area contributed by atoms with Crippen molar-refractivity contribution in [1.29, 1.82) is 0 Å². The Morgan fingerprint density at radius 2 is 1.61 bits per heavy atom. The summed E-state index contributed by atoms with van der Waals surface area (Å²) in [4.78, 5) is 9.99. The number of hydrogen-bond donors (Lipinski definition) is 0. The van der Waals surface area contributed by atoms with Crippen LogP contribution in [-0.2, 0) is 0 Å². The summed E-state index contributed by atoms with van der Waals surface area (Å²) in [5.74, 6) is -0.938. The van der Waals surface area contributed by atoms with Gasteiger partial charge in [0.25, 0.3) is 0 Å². The van der Waals surface area contributed by atoms with Crippen molar-refractivity contribution >= 4 is 40.5 Å². The molecule has 10 heteroatoms. The zero-order chi connectivity index (χ0) is 17.4. The van der Waals surface area contributed by atoms with Crippen molar-refractivity contribution in [2.45, 2.75) is 6.36 Å². The molecule has 0 radical (unpaired) electrons. The fraction of sp³-hybridized carbons (Fsp3) is 0.0769. The Hall–Kier alpha value is -1.70. The van der Waals surface area contributed by atoms with Gasteiger partial charge in [0.2, 0.25) is 5.75 Å². The Kier molecular flexibility index (Phi) is 4.93. The molecule has 0 amide bonds. The van der Waals surface area contributed by atoms with E-state index in [-0.39, 0.29) is 26.2 Å². The van der Waals surface area contributed by atoms with Crippen LogP contribution in [0.1, 0.15) is 0 Å². The normalized spacial score (nSPS) is 11.4. The van der Waals surface area contributed by atoms with Crippen LogP contribution >= 0.6 is 34.8 Å². The SMILES string of the molecule is O=[N+]([O-])c1cc(-c2c(Cl)cc(Cl)cc2Cl)ccc1OC(F)(F)F. The molecular formula is C13H5Cl3F3NO3. The quantitative estimate of drug-likeness (QED) is 0.471. The summed E-state index contributed by atoms with van der Waals surface area (Å²) in [6.45, 7) is 0. The van der Waals surface area contributed by atoms with E-state index in [0.29, 0.717) is 0 Å². The molecule has 2 aromatic carbocycles. The van der Waals surface area contributed by atoms with Crippen LogP contribution < -0.4 is 4.74 Å². The second-order valence-corrected chi connectivity index (χ2v) is 5.48. The first-order valence-corrected chi connectivity index (χ1v) is 6.91. The molecule has 0 saturated carbocycles. The van der Waals surface area contributed by atoms with Crippen molar-refractivity contribution in [3.8, 4) is 16.9 Å². The van der Waals surface area contributed by atoms with Crippen molar-refractivity contribution in [2.75, 3.05) is 0 Å². The van der Waals surface area contributed by atoms with Crippen LogP contribution in [0.4, 0.5) is 18.9 Å². The van der Waals surface area contributed by atoms with Crippen LogP contribution in [0, 0.1) is 10.1 Å². The number of nitrogens with zero attached hydrogens (tertiary/aromatic N) is 1. The lowest BCUT2D eigenvalue weighted by Crippen LogP contribution is -2.17. The van der Waals surface area contributed by atoms with Gasteiger partial charge in [-0.25, -0.2) is 0 Å². The molecule has 0 aliphatic heterocycles. The van der Waals surface area contributed by atoms with E-state index in [0.717, 1.165) is 12.1 Å². The van der Waals surface area contributed by atoms with Gasteiger partial charge in [0, 0.05) is 16.7 Å². The summed E-state index contributed by atoms with van der Waals surface area (Å²) in [5.41, 5.74) is -0.515. The number of nitro groups is 1. The molecule has 0 fully saturated rings. The van der Waals surface area contributed by atoms with E-state index in [1.165, 1.54) is 18.2 Å². The zero-order valence-corrected chi connectivity index (χ0v) is 13.1. The molecule has 0 aliphatic carbocycles. The molecule has 2 rings (SSSR count). The van der Waals surface area contributed by atoms with Gasteiger partial charge < -0.3 is 4.74 Å². The highest BCUT2D eigenvalue weighted by molar-refractivity contribution is 6.41. The minimum atomic E-state index is -5.05. The monoisotopic (exact) mass is 385 g/mol. The maximum absolute atomic E-state index is 12.3. The lowest BCUT2D eigenvalue weighted by atomic mass is 10.0. The molecule has 0 spiro atoms. The van der Waals surface area contributed by atoms with E-state index >= 15 is 0 Å². The summed E-state index contributed by atoms with van der Waals surface area (Å²) in [6.07, 6.45) is -5.05. The summed E-state index contributed by atoms with van der Waals surface area (Å²) in [7, 11) is 0. The van der Waals surface area contributed by atoms with Gasteiger partial charge in [0.15, 0.2) is 0 Å². The number of benzene rings is 2. The Labute approximate surface area is 142 Å². The van der Waals surface area contributed by atoms with Crippen LogP contribution in [0.2, 0.25) is 15.1 Å². The average molecular weight is 387 g/mol. The summed E-state index contributed by atoms with van der Waals surface area (Å²) in [5, 5.41) is 11.4. The lowest BCUT2D eigenvalue weighted by molar-refractivity contribution is -0.388. The number of ether oxygens (including phenoxy) is 1. The molecule has 0 bridgehead atoms. The fourth-order valence-electron chi connectivity index (χ4n) is 1.84. The number of halogens is 6. The highest BCUT2D eigenvalue weighted by atomic mass is 35.5. The lowest BCUT2D eigenvalue weighted by Gasteiger charge is -2.12. The topological polar surface area (TPSA) is 52.4 Å². The van der Waals surface area contributed by atoms with E-state index in [1.807, 2.05) is 0 Å². The highest BCUT2D eigenvalue weighted by Crippen LogP contribution is 2.41. The molecule has 0 unspecified atom stereocenters. The third-order valence-electron chi connectivity index (χ3n) is 2.68. The Morgan fingerprint density at radius 1 is 1.04 bits per heavy atom. The van der Waals surface area contributed by atoms with Crippen LogP contribution in [0.25, 0.3) is 11.1 Å². The number of rotatable bonds is 3. The van der Waals surface area contributed by atoms with Gasteiger partial charge in [-0.1, -0.05) is 40.9 Å². The largest absolute Gasteiger partial charge is 0.573 e. The summed E-state index contributed by atoms with van der Waals surface area (Å²) < 4.78 is 40.5. The zero-order valence-electron chi connectivity index (χ0n) is 10.8. The molecule has 0 atom stereocenters. The smallest absolute Gasteiger partial charge is 0.398 e. The van der Waals surface area contributed by atoms with Crippen molar-refractivity contribution in [1.82, 2.24) is 0 Å². The van der Waals surface area contributed by atoms with E-state index in [1.54, 1.807) is 0 Å². The van der Waals surface area contributed by atoms with Gasteiger partial charge in [-0.2, -0.15) is 0 Å². The molecule has 0 saturated heterocycles. The maximum atomic E-state index is 12.3. The van der Waals surface area contributed by atoms with Crippen LogP contribution in [0.15, 0.2) is 30.3 Å². The average Bonchev–Trinajstić information content (AvgIpc) is 2.37. The Morgan fingerprint density at radius 3 is 2.09 bits per heavy atom. The fourth-order valence-corrected chi connectivity index (χ4v) is 2.88. The predicted octanol–water partition coefficient (Wildman–Crippen LogP) is 6.12. The summed E-state index contributed by atoms with van der Waals surface area (Å²) >= 11 is 17.8. The molecule has 0 aromatic heterocycles. The van der Waals surface area contributed by atoms with E-state index in [2.05, 4.69) is 4.74 Å². The molecule has 0 aliphatic rings. The van der Waals surface area contributed by atoms with Crippen molar-refractivity contribution in [3.63, 3.8) is 0 Å². The van der Waals surface area contributed by atoms with E-state index in [9.17, 15) is 23.3 Å². The molecular weight excluding hydrogens is 382 g/mol. The van der Waals surface area contributed by atoms with Gasteiger partial charge in [-0.05, 0) is 23.8 Å². The van der Waals surface area contributed by atoms with Gasteiger partial charge in [0.05, 0.1) is 15.0 Å². The molecule has 23 heavy (non-hydrogen) atoms. The molecule has 2 aromatic rings. The summed E-state index contributed by atoms with van der Waals surface area (Å²) in [6, 6.07) is 5.60. The first-order chi connectivity index (χ1) is 10.6. The minimum Gasteiger partial charge on any atom is -0.398 e.